The second kappa shape index (κ2) is 14.1. The first-order valence-corrected chi connectivity index (χ1v) is 16.8. The lowest BCUT2D eigenvalue weighted by Crippen LogP contribution is -2.64. The van der Waals surface area contributed by atoms with Crippen LogP contribution in [0.1, 0.15) is 32.8 Å². The number of rotatable bonds is 11. The second-order valence-electron chi connectivity index (χ2n) is 12.8. The fraction of sp³-hybridized carbons (Fsp3) is 0.562. The largest absolute Gasteiger partial charge is 0.497 e. The maximum Gasteiger partial charge on any atom is 0.410 e. The van der Waals surface area contributed by atoms with Crippen LogP contribution in [-0.2, 0) is 35.4 Å². The fourth-order valence-electron chi connectivity index (χ4n) is 5.77. The monoisotopic (exact) mass is 661 g/mol. The van der Waals surface area contributed by atoms with Gasteiger partial charge < -0.3 is 39.0 Å². The molecular weight excluding hydrogens is 618 g/mol. The molecule has 14 heteroatoms. The van der Waals surface area contributed by atoms with Crippen molar-refractivity contribution in [3.05, 3.63) is 60.2 Å². The molecule has 0 aliphatic carbocycles. The molecule has 2 amide bonds. The van der Waals surface area contributed by atoms with Crippen LogP contribution in [0.5, 0.6) is 5.75 Å². The summed E-state index contributed by atoms with van der Waals surface area (Å²) in [6.07, 6.45) is -2.63. The standard InChI is InChI=1S/C32H43N3O10S/c1-32(2,3)45-31(38)34-17-22(18-34)35(46(39,40)24-12-10-23(41-4)11-13-24)19-27(36)26(16-21-8-6-5-7-9-21)33-30(37)44-28-20-43-29-25(28)14-15-42-29/h5-13,22,25-29,36H,14-20H2,1-4H3,(H,33,37)/t25?,26-,27+,28-,29+/m0/s1. The van der Waals surface area contributed by atoms with Crippen LogP contribution in [0.2, 0.25) is 0 Å². The van der Waals surface area contributed by atoms with E-state index < -0.39 is 58.4 Å². The van der Waals surface area contributed by atoms with Gasteiger partial charge in [-0.15, -0.1) is 0 Å². The van der Waals surface area contributed by atoms with E-state index in [0.717, 1.165) is 5.56 Å². The van der Waals surface area contributed by atoms with Crippen LogP contribution in [0.3, 0.4) is 0 Å². The van der Waals surface area contributed by atoms with Gasteiger partial charge in [-0.2, -0.15) is 4.31 Å². The van der Waals surface area contributed by atoms with E-state index in [9.17, 15) is 23.1 Å². The summed E-state index contributed by atoms with van der Waals surface area (Å²) in [5.41, 5.74) is 0.110. The van der Waals surface area contributed by atoms with Gasteiger partial charge >= 0.3 is 12.2 Å². The normalized spacial score (nSPS) is 22.9. The predicted molar refractivity (Wildman–Crippen MR) is 166 cm³/mol. The van der Waals surface area contributed by atoms with E-state index in [1.165, 1.54) is 40.6 Å². The van der Waals surface area contributed by atoms with Crippen molar-refractivity contribution in [2.75, 3.05) is 40.0 Å². The molecule has 13 nitrogen and oxygen atoms in total. The van der Waals surface area contributed by atoms with Crippen molar-refractivity contribution >= 4 is 22.2 Å². The molecule has 2 aromatic carbocycles. The summed E-state index contributed by atoms with van der Waals surface area (Å²) in [5, 5.41) is 14.4. The van der Waals surface area contributed by atoms with Gasteiger partial charge in [-0.3, -0.25) is 0 Å². The topological polar surface area (TPSA) is 153 Å². The second-order valence-corrected chi connectivity index (χ2v) is 14.7. The number of aliphatic hydroxyl groups excluding tert-OH is 1. The van der Waals surface area contributed by atoms with E-state index in [1.54, 1.807) is 20.8 Å². The predicted octanol–water partition coefficient (Wildman–Crippen LogP) is 2.77. The third-order valence-corrected chi connectivity index (χ3v) is 10.2. The molecule has 5 atom stereocenters. The van der Waals surface area contributed by atoms with Crippen molar-refractivity contribution in [1.82, 2.24) is 14.5 Å². The lowest BCUT2D eigenvalue weighted by molar-refractivity contribution is -0.0907. The van der Waals surface area contributed by atoms with Crippen LogP contribution in [0.25, 0.3) is 0 Å². The molecule has 2 N–H and O–H groups in total. The summed E-state index contributed by atoms with van der Waals surface area (Å²) in [6.45, 7) is 5.78. The number of aliphatic hydroxyl groups is 1. The third kappa shape index (κ3) is 8.10. The molecule has 252 valence electrons. The molecule has 46 heavy (non-hydrogen) atoms. The van der Waals surface area contributed by atoms with Crippen molar-refractivity contribution in [2.45, 2.75) is 74.7 Å². The average Bonchev–Trinajstić information content (AvgIpc) is 3.60. The number of sulfonamides is 1. The van der Waals surface area contributed by atoms with Crippen molar-refractivity contribution in [3.8, 4) is 5.75 Å². The van der Waals surface area contributed by atoms with Crippen LogP contribution in [-0.4, -0.2) is 111 Å². The number of alkyl carbamates (subject to hydrolysis) is 1. The number of hydrogen-bond donors (Lipinski definition) is 2. The maximum atomic E-state index is 14.0. The highest BCUT2D eigenvalue weighted by Gasteiger charge is 2.45. The van der Waals surface area contributed by atoms with Gasteiger partial charge in [0, 0.05) is 19.6 Å². The molecule has 2 aromatic rings. The Morgan fingerprint density at radius 2 is 1.78 bits per heavy atom. The average molecular weight is 662 g/mol. The van der Waals surface area contributed by atoms with Gasteiger partial charge in [0.15, 0.2) is 6.29 Å². The molecule has 0 aromatic heterocycles. The first kappa shape index (κ1) is 33.9. The minimum Gasteiger partial charge on any atom is -0.497 e. The molecule has 3 aliphatic rings. The Balaban J connectivity index is 1.35. The van der Waals surface area contributed by atoms with Crippen LogP contribution >= 0.6 is 0 Å². The number of fused-ring (bicyclic) bond motifs is 1. The lowest BCUT2D eigenvalue weighted by Gasteiger charge is -2.45. The summed E-state index contributed by atoms with van der Waals surface area (Å²) in [7, 11) is -2.68. The van der Waals surface area contributed by atoms with Gasteiger partial charge in [0.05, 0.1) is 49.3 Å². The van der Waals surface area contributed by atoms with E-state index in [1.807, 2.05) is 30.3 Å². The van der Waals surface area contributed by atoms with Gasteiger partial charge in [0.1, 0.15) is 17.5 Å². The Morgan fingerprint density at radius 1 is 1.09 bits per heavy atom. The maximum absolute atomic E-state index is 14.0. The van der Waals surface area contributed by atoms with E-state index in [2.05, 4.69) is 5.32 Å². The van der Waals surface area contributed by atoms with Gasteiger partial charge in [0.2, 0.25) is 10.0 Å². The molecule has 0 spiro atoms. The molecule has 0 saturated carbocycles. The number of carbonyl (C=O) groups excluding carboxylic acids is 2. The van der Waals surface area contributed by atoms with E-state index in [-0.39, 0.29) is 43.5 Å². The fourth-order valence-corrected chi connectivity index (χ4v) is 7.40. The molecule has 0 radical (unpaired) electrons. The molecule has 3 aliphatic heterocycles. The highest BCUT2D eigenvalue weighted by molar-refractivity contribution is 7.89. The minimum absolute atomic E-state index is 0.00207. The zero-order chi connectivity index (χ0) is 33.1. The number of methoxy groups -OCH3 is 1. The molecule has 3 heterocycles. The Morgan fingerprint density at radius 3 is 2.43 bits per heavy atom. The summed E-state index contributed by atoms with van der Waals surface area (Å²) < 4.78 is 56.7. The summed E-state index contributed by atoms with van der Waals surface area (Å²) in [4.78, 5) is 27.2. The number of benzene rings is 2. The van der Waals surface area contributed by atoms with Crippen LogP contribution in [0.4, 0.5) is 9.59 Å². The number of nitrogens with zero attached hydrogens (tertiary/aromatic N) is 2. The molecule has 3 fully saturated rings. The summed E-state index contributed by atoms with van der Waals surface area (Å²) in [6, 6.07) is 13.6. The summed E-state index contributed by atoms with van der Waals surface area (Å²) >= 11 is 0. The first-order valence-electron chi connectivity index (χ1n) is 15.4. The first-order chi connectivity index (χ1) is 21.8. The van der Waals surface area contributed by atoms with Crippen molar-refractivity contribution in [3.63, 3.8) is 0 Å². The Labute approximate surface area is 269 Å². The number of nitrogens with one attached hydrogen (secondary N) is 1. The van der Waals surface area contributed by atoms with Crippen molar-refractivity contribution in [2.24, 2.45) is 5.92 Å². The van der Waals surface area contributed by atoms with Crippen LogP contribution < -0.4 is 10.1 Å². The number of carbonyl (C=O) groups is 2. The molecule has 0 bridgehead atoms. The Kier molecular flexibility index (Phi) is 10.4. The molecule has 5 rings (SSSR count). The third-order valence-electron chi connectivity index (χ3n) is 8.26. The number of hydrogen-bond acceptors (Lipinski definition) is 10. The van der Waals surface area contributed by atoms with E-state index >= 15 is 0 Å². The molecule has 3 saturated heterocycles. The zero-order valence-corrected chi connectivity index (χ0v) is 27.4. The molecular formula is C32H43N3O10S. The Hall–Kier alpha value is -3.43. The van der Waals surface area contributed by atoms with Gasteiger partial charge in [0.25, 0.3) is 0 Å². The molecule has 1 unspecified atom stereocenters. The lowest BCUT2D eigenvalue weighted by atomic mass is 10.0. The highest BCUT2D eigenvalue weighted by atomic mass is 32.2. The number of likely N-dealkylation sites (tertiary alicyclic amines) is 1. The van der Waals surface area contributed by atoms with Gasteiger partial charge in [-0.25, -0.2) is 18.0 Å². The quantitative estimate of drug-likeness (QED) is 0.368. The van der Waals surface area contributed by atoms with Gasteiger partial charge in [-0.1, -0.05) is 30.3 Å². The van der Waals surface area contributed by atoms with Crippen molar-refractivity contribution < 1.29 is 46.8 Å². The van der Waals surface area contributed by atoms with Crippen molar-refractivity contribution in [1.29, 1.82) is 0 Å². The smallest absolute Gasteiger partial charge is 0.410 e. The number of amides is 2. The van der Waals surface area contributed by atoms with E-state index in [0.29, 0.717) is 18.8 Å². The number of ether oxygens (including phenoxy) is 5. The van der Waals surface area contributed by atoms with Crippen LogP contribution in [0.15, 0.2) is 59.5 Å². The van der Waals surface area contributed by atoms with Crippen LogP contribution in [0, 0.1) is 5.92 Å². The summed E-state index contributed by atoms with van der Waals surface area (Å²) in [5.74, 6) is 0.416. The van der Waals surface area contributed by atoms with E-state index in [4.69, 9.17) is 23.7 Å². The Bertz CT molecular complexity index is 1440. The minimum atomic E-state index is -4.16. The zero-order valence-electron chi connectivity index (χ0n) is 26.5. The van der Waals surface area contributed by atoms with Gasteiger partial charge in [-0.05, 0) is 63.4 Å². The highest BCUT2D eigenvalue weighted by Crippen LogP contribution is 2.33. The SMILES string of the molecule is COc1ccc(S(=O)(=O)N(C[C@@H](O)[C@H](Cc2ccccc2)NC(=O)O[C@H]2CO[C@H]3OCCC32)C2CN(C(=O)OC(C)(C)C)C2)cc1.